The smallest absolute Gasteiger partial charge is 0.128 e. The molecule has 0 saturated heterocycles. The van der Waals surface area contributed by atoms with Gasteiger partial charge >= 0.3 is 0 Å². The predicted molar refractivity (Wildman–Crippen MR) is 74.4 cm³/mol. The van der Waals surface area contributed by atoms with Crippen molar-refractivity contribution in [1.29, 1.82) is 0 Å². The third kappa shape index (κ3) is 2.75. The van der Waals surface area contributed by atoms with Crippen molar-refractivity contribution in [2.75, 3.05) is 5.32 Å². The highest BCUT2D eigenvalue weighted by atomic mass is 127. The summed E-state index contributed by atoms with van der Waals surface area (Å²) in [6.07, 6.45) is 3.85. The number of imidazole rings is 1. The Morgan fingerprint density at radius 3 is 2.75 bits per heavy atom. The molecule has 3 nitrogen and oxygen atoms in total. The van der Waals surface area contributed by atoms with Crippen LogP contribution in [0.2, 0.25) is 0 Å². The predicted octanol–water partition coefficient (Wildman–Crippen LogP) is 3.12. The Morgan fingerprint density at radius 2 is 2.06 bits per heavy atom. The number of aryl methyl sites for hydroxylation is 1. The molecule has 16 heavy (non-hydrogen) atoms. The number of rotatable bonds is 4. The van der Waals surface area contributed by atoms with Gasteiger partial charge in [-0.1, -0.05) is 0 Å². The molecule has 2 rings (SSSR count). The van der Waals surface area contributed by atoms with Gasteiger partial charge in [0.2, 0.25) is 0 Å². The maximum atomic E-state index is 4.32. The first-order valence-corrected chi connectivity index (χ1v) is 6.37. The zero-order valence-electron chi connectivity index (χ0n) is 9.15. The van der Waals surface area contributed by atoms with Gasteiger partial charge in [-0.3, -0.25) is 0 Å². The number of nitrogens with one attached hydrogen (secondary N) is 1. The van der Waals surface area contributed by atoms with Crippen LogP contribution < -0.4 is 5.32 Å². The second kappa shape index (κ2) is 5.34. The second-order valence-corrected chi connectivity index (χ2v) is 4.74. The Hall–Kier alpha value is -1.04. The van der Waals surface area contributed by atoms with E-state index in [4.69, 9.17) is 0 Å². The van der Waals surface area contributed by atoms with Crippen LogP contribution in [0, 0.1) is 3.57 Å². The summed E-state index contributed by atoms with van der Waals surface area (Å²) in [5, 5.41) is 3.36. The molecule has 0 radical (unpaired) electrons. The highest BCUT2D eigenvalue weighted by molar-refractivity contribution is 14.1. The first-order valence-electron chi connectivity index (χ1n) is 5.29. The summed E-state index contributed by atoms with van der Waals surface area (Å²) in [6, 6.07) is 8.35. The van der Waals surface area contributed by atoms with Crippen LogP contribution in [0.15, 0.2) is 36.7 Å². The summed E-state index contributed by atoms with van der Waals surface area (Å²) < 4.78 is 3.39. The molecule has 0 amide bonds. The molecule has 4 heteroatoms. The Kier molecular flexibility index (Phi) is 3.82. The van der Waals surface area contributed by atoms with Gasteiger partial charge in [-0.25, -0.2) is 4.98 Å². The molecule has 0 bridgehead atoms. The third-order valence-corrected chi connectivity index (χ3v) is 3.16. The average molecular weight is 327 g/mol. The first-order chi connectivity index (χ1) is 7.79. The van der Waals surface area contributed by atoms with Crippen LogP contribution in [-0.2, 0) is 13.1 Å². The van der Waals surface area contributed by atoms with Crippen molar-refractivity contribution in [3.63, 3.8) is 0 Å². The highest BCUT2D eigenvalue weighted by Gasteiger charge is 2.00. The molecule has 0 unspecified atom stereocenters. The lowest BCUT2D eigenvalue weighted by molar-refractivity contribution is 0.708. The second-order valence-electron chi connectivity index (χ2n) is 3.49. The standard InChI is InChI=1S/C12H14IN3/c1-2-16-8-7-14-12(16)9-15-11-5-3-10(13)4-6-11/h3-8,15H,2,9H2,1H3. The van der Waals surface area contributed by atoms with Gasteiger partial charge in [-0.05, 0) is 53.8 Å². The molecule has 0 aliphatic rings. The normalized spacial score (nSPS) is 10.4. The Bertz CT molecular complexity index is 448. The molecule has 84 valence electrons. The molecule has 0 aliphatic carbocycles. The van der Waals surface area contributed by atoms with Gasteiger partial charge in [0.1, 0.15) is 5.82 Å². The van der Waals surface area contributed by atoms with Crippen LogP contribution >= 0.6 is 22.6 Å². The van der Waals surface area contributed by atoms with Gasteiger partial charge in [0.25, 0.3) is 0 Å². The van der Waals surface area contributed by atoms with Crippen molar-refractivity contribution in [3.05, 3.63) is 46.1 Å². The van der Waals surface area contributed by atoms with Crippen molar-refractivity contribution in [1.82, 2.24) is 9.55 Å². The van der Waals surface area contributed by atoms with E-state index in [2.05, 4.69) is 68.6 Å². The molecule has 1 aromatic heterocycles. The zero-order valence-corrected chi connectivity index (χ0v) is 11.3. The van der Waals surface area contributed by atoms with E-state index >= 15 is 0 Å². The van der Waals surface area contributed by atoms with Crippen molar-refractivity contribution < 1.29 is 0 Å². The molecule has 0 spiro atoms. The van der Waals surface area contributed by atoms with Gasteiger partial charge in [-0.2, -0.15) is 0 Å². The Balaban J connectivity index is 1.99. The SMILES string of the molecule is CCn1ccnc1CNc1ccc(I)cc1. The van der Waals surface area contributed by atoms with E-state index < -0.39 is 0 Å². The quantitative estimate of drug-likeness (QED) is 0.875. The van der Waals surface area contributed by atoms with Gasteiger partial charge in [-0.15, -0.1) is 0 Å². The average Bonchev–Trinajstić information content (AvgIpc) is 2.76. The Labute approximate surface area is 109 Å². The first kappa shape index (κ1) is 11.4. The van der Waals surface area contributed by atoms with E-state index in [0.717, 1.165) is 24.6 Å². The molecular formula is C12H14IN3. The summed E-state index contributed by atoms with van der Waals surface area (Å²) in [4.78, 5) is 4.32. The fraction of sp³-hybridized carbons (Fsp3) is 0.250. The van der Waals surface area contributed by atoms with Crippen LogP contribution in [0.25, 0.3) is 0 Å². The van der Waals surface area contributed by atoms with Crippen LogP contribution in [0.5, 0.6) is 0 Å². The van der Waals surface area contributed by atoms with E-state index in [-0.39, 0.29) is 0 Å². The van der Waals surface area contributed by atoms with Crippen LogP contribution in [-0.4, -0.2) is 9.55 Å². The van der Waals surface area contributed by atoms with E-state index in [9.17, 15) is 0 Å². The fourth-order valence-corrected chi connectivity index (χ4v) is 1.90. The highest BCUT2D eigenvalue weighted by Crippen LogP contribution is 2.12. The minimum absolute atomic E-state index is 0.765. The van der Waals surface area contributed by atoms with Crippen molar-refractivity contribution in [2.45, 2.75) is 20.0 Å². The maximum absolute atomic E-state index is 4.32. The molecule has 0 aliphatic heterocycles. The summed E-state index contributed by atoms with van der Waals surface area (Å²) >= 11 is 2.30. The molecule has 1 N–H and O–H groups in total. The number of hydrogen-bond donors (Lipinski definition) is 1. The minimum Gasteiger partial charge on any atom is -0.378 e. The lowest BCUT2D eigenvalue weighted by atomic mass is 10.3. The van der Waals surface area contributed by atoms with E-state index in [1.54, 1.807) is 0 Å². The van der Waals surface area contributed by atoms with E-state index in [1.807, 2.05) is 12.4 Å². The van der Waals surface area contributed by atoms with Gasteiger partial charge in [0.15, 0.2) is 0 Å². The molecule has 0 fully saturated rings. The zero-order chi connectivity index (χ0) is 11.4. The lowest BCUT2D eigenvalue weighted by Gasteiger charge is -2.07. The lowest BCUT2D eigenvalue weighted by Crippen LogP contribution is -2.07. The molecular weight excluding hydrogens is 313 g/mol. The fourth-order valence-electron chi connectivity index (χ4n) is 1.54. The van der Waals surface area contributed by atoms with Gasteiger partial charge < -0.3 is 9.88 Å². The molecule has 0 atom stereocenters. The largest absolute Gasteiger partial charge is 0.378 e. The van der Waals surface area contributed by atoms with Crippen LogP contribution in [0.3, 0.4) is 0 Å². The van der Waals surface area contributed by atoms with Crippen molar-refractivity contribution >= 4 is 28.3 Å². The van der Waals surface area contributed by atoms with E-state index in [0.29, 0.717) is 0 Å². The summed E-state index contributed by atoms with van der Waals surface area (Å²) in [5.41, 5.74) is 1.13. The number of anilines is 1. The maximum Gasteiger partial charge on any atom is 0.128 e. The summed E-state index contributed by atoms with van der Waals surface area (Å²) in [6.45, 7) is 3.85. The van der Waals surface area contributed by atoms with Crippen molar-refractivity contribution in [3.8, 4) is 0 Å². The van der Waals surface area contributed by atoms with Gasteiger partial charge in [0, 0.05) is 28.2 Å². The molecule has 0 saturated carbocycles. The number of halogens is 1. The van der Waals surface area contributed by atoms with Gasteiger partial charge in [0.05, 0.1) is 6.54 Å². The monoisotopic (exact) mass is 327 g/mol. The molecule has 1 aromatic carbocycles. The topological polar surface area (TPSA) is 29.9 Å². The van der Waals surface area contributed by atoms with Crippen molar-refractivity contribution in [2.24, 2.45) is 0 Å². The Morgan fingerprint density at radius 1 is 1.31 bits per heavy atom. The summed E-state index contributed by atoms with van der Waals surface area (Å²) in [5.74, 6) is 1.07. The van der Waals surface area contributed by atoms with Crippen LogP contribution in [0.4, 0.5) is 5.69 Å². The molecule has 1 heterocycles. The van der Waals surface area contributed by atoms with E-state index in [1.165, 1.54) is 3.57 Å². The number of aromatic nitrogens is 2. The number of benzene rings is 1. The number of nitrogens with zero attached hydrogens (tertiary/aromatic N) is 2. The number of hydrogen-bond acceptors (Lipinski definition) is 2. The minimum atomic E-state index is 0.765. The summed E-state index contributed by atoms with van der Waals surface area (Å²) in [7, 11) is 0. The molecule has 2 aromatic rings. The third-order valence-electron chi connectivity index (χ3n) is 2.44. The van der Waals surface area contributed by atoms with Crippen LogP contribution in [0.1, 0.15) is 12.7 Å².